The second-order valence-corrected chi connectivity index (χ2v) is 4.23. The molecular weight excluding hydrogens is 262 g/mol. The number of carbonyl (C=O) groups excluding carboxylic acids is 1. The molecule has 0 aliphatic rings. The van der Waals surface area contributed by atoms with Crippen molar-refractivity contribution >= 4 is 28.8 Å². The van der Waals surface area contributed by atoms with Gasteiger partial charge in [-0.25, -0.2) is 0 Å². The minimum atomic E-state index is -0.148. The average Bonchev–Trinajstić information content (AvgIpc) is 2.47. The molecular formula is C15H14ClNO2. The van der Waals surface area contributed by atoms with Gasteiger partial charge in [-0.3, -0.25) is 4.79 Å². The van der Waals surface area contributed by atoms with Gasteiger partial charge in [-0.05, 0) is 24.3 Å². The predicted octanol–water partition coefficient (Wildman–Crippen LogP) is 3.86. The van der Waals surface area contributed by atoms with Gasteiger partial charge in [0, 0.05) is 17.4 Å². The number of alkyl halides is 1. The number of benzene rings is 2. The van der Waals surface area contributed by atoms with E-state index in [9.17, 15) is 4.79 Å². The van der Waals surface area contributed by atoms with Crippen LogP contribution in [0.15, 0.2) is 48.5 Å². The second kappa shape index (κ2) is 6.25. The van der Waals surface area contributed by atoms with Gasteiger partial charge in [0.05, 0.1) is 18.6 Å². The van der Waals surface area contributed by atoms with Crippen molar-refractivity contribution in [2.24, 2.45) is 0 Å². The fourth-order valence-corrected chi connectivity index (χ4v) is 1.90. The zero-order chi connectivity index (χ0) is 13.7. The van der Waals surface area contributed by atoms with Crippen molar-refractivity contribution in [3.63, 3.8) is 0 Å². The van der Waals surface area contributed by atoms with Crippen molar-refractivity contribution in [1.29, 1.82) is 0 Å². The molecule has 0 aliphatic carbocycles. The Hall–Kier alpha value is -2.00. The fraction of sp³-hybridized carbons (Fsp3) is 0.133. The molecule has 98 valence electrons. The molecule has 2 rings (SSSR count). The highest BCUT2D eigenvalue weighted by Crippen LogP contribution is 2.26. The van der Waals surface area contributed by atoms with Gasteiger partial charge in [0.25, 0.3) is 0 Å². The first-order valence-electron chi connectivity index (χ1n) is 5.84. The van der Waals surface area contributed by atoms with Crippen molar-refractivity contribution in [2.75, 3.05) is 18.3 Å². The largest absolute Gasteiger partial charge is 0.496 e. The maximum Gasteiger partial charge on any atom is 0.181 e. The van der Waals surface area contributed by atoms with Crippen LogP contribution in [0.5, 0.6) is 5.75 Å². The molecule has 0 spiro atoms. The van der Waals surface area contributed by atoms with Gasteiger partial charge in [0.1, 0.15) is 5.75 Å². The Morgan fingerprint density at radius 3 is 2.53 bits per heavy atom. The molecule has 0 fully saturated rings. The van der Waals surface area contributed by atoms with E-state index in [0.717, 1.165) is 11.4 Å². The predicted molar refractivity (Wildman–Crippen MR) is 77.8 cm³/mol. The zero-order valence-electron chi connectivity index (χ0n) is 10.5. The molecule has 2 aromatic rings. The molecule has 19 heavy (non-hydrogen) atoms. The third kappa shape index (κ3) is 3.26. The van der Waals surface area contributed by atoms with Gasteiger partial charge < -0.3 is 10.1 Å². The number of hydrogen-bond donors (Lipinski definition) is 1. The number of ketones is 1. The minimum Gasteiger partial charge on any atom is -0.496 e. The van der Waals surface area contributed by atoms with Gasteiger partial charge in [0.15, 0.2) is 5.78 Å². The summed E-state index contributed by atoms with van der Waals surface area (Å²) in [5.74, 6) is 0.318. The first-order valence-corrected chi connectivity index (χ1v) is 6.37. The average molecular weight is 276 g/mol. The number of rotatable bonds is 5. The quantitative estimate of drug-likeness (QED) is 0.665. The Bertz CT molecular complexity index is 570. The Labute approximate surface area is 117 Å². The van der Waals surface area contributed by atoms with Crippen LogP contribution in [0.25, 0.3) is 0 Å². The van der Waals surface area contributed by atoms with Crippen LogP contribution in [0.1, 0.15) is 10.4 Å². The standard InChI is InChI=1S/C15H14ClNO2/c1-19-15-9-12(7-8-13(15)14(18)10-16)17-11-5-3-2-4-6-11/h2-9,17H,10H2,1H3. The zero-order valence-corrected chi connectivity index (χ0v) is 11.3. The molecule has 0 heterocycles. The minimum absolute atomic E-state index is 0.0537. The topological polar surface area (TPSA) is 38.3 Å². The highest BCUT2D eigenvalue weighted by molar-refractivity contribution is 6.30. The number of carbonyl (C=O) groups is 1. The van der Waals surface area contributed by atoms with Crippen LogP contribution in [0.3, 0.4) is 0 Å². The van der Waals surface area contributed by atoms with Crippen molar-refractivity contribution in [3.05, 3.63) is 54.1 Å². The molecule has 0 saturated carbocycles. The third-order valence-electron chi connectivity index (χ3n) is 2.69. The number of hydrogen-bond acceptors (Lipinski definition) is 3. The molecule has 4 heteroatoms. The highest BCUT2D eigenvalue weighted by atomic mass is 35.5. The Morgan fingerprint density at radius 1 is 1.16 bits per heavy atom. The van der Waals surface area contributed by atoms with Gasteiger partial charge in [0.2, 0.25) is 0 Å². The van der Waals surface area contributed by atoms with E-state index in [1.807, 2.05) is 36.4 Å². The van der Waals surface area contributed by atoms with Gasteiger partial charge in [-0.2, -0.15) is 0 Å². The maximum atomic E-state index is 11.6. The van der Waals surface area contributed by atoms with Crippen LogP contribution in [0.4, 0.5) is 11.4 Å². The summed E-state index contributed by atoms with van der Waals surface area (Å²) in [7, 11) is 1.53. The summed E-state index contributed by atoms with van der Waals surface area (Å²) in [4.78, 5) is 11.6. The smallest absolute Gasteiger partial charge is 0.181 e. The summed E-state index contributed by atoms with van der Waals surface area (Å²) in [5.41, 5.74) is 2.33. The molecule has 2 aromatic carbocycles. The van der Waals surface area contributed by atoms with E-state index in [2.05, 4.69) is 5.32 Å². The van der Waals surface area contributed by atoms with Crippen LogP contribution in [0.2, 0.25) is 0 Å². The van der Waals surface area contributed by atoms with Crippen molar-refractivity contribution in [1.82, 2.24) is 0 Å². The lowest BCUT2D eigenvalue weighted by molar-refractivity contribution is 0.101. The highest BCUT2D eigenvalue weighted by Gasteiger charge is 2.11. The van der Waals surface area contributed by atoms with Gasteiger partial charge in [-0.1, -0.05) is 18.2 Å². The van der Waals surface area contributed by atoms with Crippen LogP contribution in [-0.4, -0.2) is 18.8 Å². The maximum absolute atomic E-state index is 11.6. The SMILES string of the molecule is COc1cc(Nc2ccccc2)ccc1C(=O)CCl. The van der Waals surface area contributed by atoms with Crippen molar-refractivity contribution in [2.45, 2.75) is 0 Å². The Morgan fingerprint density at radius 2 is 1.89 bits per heavy atom. The number of Topliss-reactive ketones (excluding diaryl/α,β-unsaturated/α-hetero) is 1. The second-order valence-electron chi connectivity index (χ2n) is 3.96. The lowest BCUT2D eigenvalue weighted by Crippen LogP contribution is -2.04. The number of halogens is 1. The summed E-state index contributed by atoms with van der Waals surface area (Å²) in [6.45, 7) is 0. The van der Waals surface area contributed by atoms with Crippen LogP contribution in [0, 0.1) is 0 Å². The van der Waals surface area contributed by atoms with Crippen molar-refractivity contribution < 1.29 is 9.53 Å². The van der Waals surface area contributed by atoms with E-state index >= 15 is 0 Å². The molecule has 0 radical (unpaired) electrons. The third-order valence-corrected chi connectivity index (χ3v) is 2.93. The number of ether oxygens (including phenoxy) is 1. The molecule has 0 saturated heterocycles. The van der Waals surface area contributed by atoms with E-state index in [4.69, 9.17) is 16.3 Å². The molecule has 0 atom stereocenters. The number of nitrogens with one attached hydrogen (secondary N) is 1. The summed E-state index contributed by atoms with van der Waals surface area (Å²) in [6, 6.07) is 15.1. The lowest BCUT2D eigenvalue weighted by atomic mass is 10.1. The van der Waals surface area contributed by atoms with Crippen LogP contribution < -0.4 is 10.1 Å². The Balaban J connectivity index is 2.27. The van der Waals surface area contributed by atoms with E-state index in [0.29, 0.717) is 11.3 Å². The fourth-order valence-electron chi connectivity index (χ4n) is 1.76. The van der Waals surface area contributed by atoms with E-state index in [1.165, 1.54) is 7.11 Å². The van der Waals surface area contributed by atoms with E-state index in [-0.39, 0.29) is 11.7 Å². The van der Waals surface area contributed by atoms with Gasteiger partial charge >= 0.3 is 0 Å². The van der Waals surface area contributed by atoms with E-state index < -0.39 is 0 Å². The normalized spacial score (nSPS) is 10.0. The van der Waals surface area contributed by atoms with Crippen LogP contribution >= 0.6 is 11.6 Å². The first-order chi connectivity index (χ1) is 9.24. The molecule has 3 nitrogen and oxygen atoms in total. The summed E-state index contributed by atoms with van der Waals surface area (Å²) in [5, 5.41) is 3.24. The van der Waals surface area contributed by atoms with Crippen molar-refractivity contribution in [3.8, 4) is 5.75 Å². The molecule has 0 unspecified atom stereocenters. The lowest BCUT2D eigenvalue weighted by Gasteiger charge is -2.11. The monoisotopic (exact) mass is 275 g/mol. The van der Waals surface area contributed by atoms with Crippen LogP contribution in [-0.2, 0) is 0 Å². The first kappa shape index (κ1) is 13.4. The summed E-state index contributed by atoms with van der Waals surface area (Å²) in [6.07, 6.45) is 0. The number of para-hydroxylation sites is 1. The Kier molecular flexibility index (Phi) is 4.42. The van der Waals surface area contributed by atoms with E-state index in [1.54, 1.807) is 12.1 Å². The number of methoxy groups -OCH3 is 1. The molecule has 0 bridgehead atoms. The summed E-state index contributed by atoms with van der Waals surface area (Å²) < 4.78 is 5.23. The number of anilines is 2. The molecule has 0 amide bonds. The molecule has 0 aromatic heterocycles. The van der Waals surface area contributed by atoms with Gasteiger partial charge in [-0.15, -0.1) is 11.6 Å². The molecule has 0 aliphatic heterocycles. The molecule has 1 N–H and O–H groups in total. The summed E-state index contributed by atoms with van der Waals surface area (Å²) >= 11 is 5.56.